The molecule has 0 unspecified atom stereocenters. The van der Waals surface area contributed by atoms with Crippen molar-refractivity contribution in [3.8, 4) is 33.4 Å². The van der Waals surface area contributed by atoms with E-state index in [-0.39, 0.29) is 5.41 Å². The summed E-state index contributed by atoms with van der Waals surface area (Å²) in [5.74, 6) is 0. The lowest BCUT2D eigenvalue weighted by Crippen LogP contribution is -2.15. The predicted octanol–water partition coefficient (Wildman–Crippen LogP) is 13.1. The van der Waals surface area contributed by atoms with Gasteiger partial charge in [-0.2, -0.15) is 0 Å². The minimum atomic E-state index is -0.165. The molecule has 0 amide bonds. The van der Waals surface area contributed by atoms with Gasteiger partial charge in [-0.3, -0.25) is 0 Å². The summed E-state index contributed by atoms with van der Waals surface area (Å²) >= 11 is 0. The Morgan fingerprint density at radius 3 is 1.43 bits per heavy atom. The van der Waals surface area contributed by atoms with Crippen LogP contribution in [0.15, 0.2) is 158 Å². The van der Waals surface area contributed by atoms with Gasteiger partial charge in [0.1, 0.15) is 0 Å². The molecule has 1 aliphatic carbocycles. The van der Waals surface area contributed by atoms with Crippen LogP contribution in [0.5, 0.6) is 0 Å². The third-order valence-electron chi connectivity index (χ3n) is 10.8. The van der Waals surface area contributed by atoms with E-state index in [0.29, 0.717) is 0 Å². The van der Waals surface area contributed by atoms with E-state index in [2.05, 4.69) is 172 Å². The fourth-order valence-electron chi connectivity index (χ4n) is 8.44. The highest BCUT2D eigenvalue weighted by Crippen LogP contribution is 2.57. The van der Waals surface area contributed by atoms with E-state index in [0.717, 1.165) is 0 Å². The van der Waals surface area contributed by atoms with Crippen LogP contribution in [0, 0.1) is 0 Å². The molecule has 0 fully saturated rings. The van der Waals surface area contributed by atoms with Crippen LogP contribution < -0.4 is 0 Å². The predicted molar refractivity (Wildman–Crippen MR) is 202 cm³/mol. The van der Waals surface area contributed by atoms with Gasteiger partial charge in [-0.05, 0) is 123 Å². The zero-order valence-corrected chi connectivity index (χ0v) is 26.5. The largest absolute Gasteiger partial charge is 0.0616 e. The maximum atomic E-state index is 2.46. The zero-order valence-electron chi connectivity index (χ0n) is 26.5. The maximum Gasteiger partial charge on any atom is 0.0165 e. The summed E-state index contributed by atoms with van der Waals surface area (Å²) in [7, 11) is 0. The van der Waals surface area contributed by atoms with E-state index in [4.69, 9.17) is 0 Å². The molecule has 0 radical (unpaired) electrons. The summed E-state index contributed by atoms with van der Waals surface area (Å²) in [6.07, 6.45) is 0. The summed E-state index contributed by atoms with van der Waals surface area (Å²) < 4.78 is 0. The van der Waals surface area contributed by atoms with Gasteiger partial charge in [0, 0.05) is 5.41 Å². The molecule has 10 rings (SSSR count). The van der Waals surface area contributed by atoms with Crippen LogP contribution in [0.25, 0.3) is 87.2 Å². The first-order chi connectivity index (χ1) is 23.0. The lowest BCUT2D eigenvalue weighted by Gasteiger charge is -2.24. The van der Waals surface area contributed by atoms with Crippen molar-refractivity contribution in [2.24, 2.45) is 0 Å². The molecular formula is C47H32. The van der Waals surface area contributed by atoms with E-state index in [1.54, 1.807) is 0 Å². The Morgan fingerprint density at radius 1 is 0.319 bits per heavy atom. The van der Waals surface area contributed by atoms with Crippen molar-refractivity contribution in [1.29, 1.82) is 0 Å². The van der Waals surface area contributed by atoms with Crippen LogP contribution in [0.3, 0.4) is 0 Å². The number of fused-ring (bicyclic) bond motifs is 12. The van der Waals surface area contributed by atoms with Crippen LogP contribution in [0.2, 0.25) is 0 Å². The van der Waals surface area contributed by atoms with Crippen molar-refractivity contribution in [2.45, 2.75) is 19.3 Å². The first-order valence-electron chi connectivity index (χ1n) is 16.6. The Labute approximate surface area is 274 Å². The standard InChI is InChI=1S/C47H32/c1-47(2)43-24-21-31-11-7-8-14-38(31)44(43)45-41-27-36(34-17-15-29-9-3-5-12-32(29)25-34)19-22-39(41)40-23-20-37(28-42(40)46(45)47)35-18-16-30-10-4-6-13-33(30)26-35/h3-28H,1-2H3. The van der Waals surface area contributed by atoms with Crippen LogP contribution in [0.4, 0.5) is 0 Å². The summed E-state index contributed by atoms with van der Waals surface area (Å²) in [5, 5.41) is 13.0. The number of hydrogen-bond donors (Lipinski definition) is 0. The topological polar surface area (TPSA) is 0 Å². The second-order valence-electron chi connectivity index (χ2n) is 13.7. The minimum absolute atomic E-state index is 0.165. The van der Waals surface area contributed by atoms with Gasteiger partial charge in [0.15, 0.2) is 0 Å². The molecule has 0 aliphatic heterocycles. The van der Waals surface area contributed by atoms with Crippen LogP contribution >= 0.6 is 0 Å². The van der Waals surface area contributed by atoms with Gasteiger partial charge in [-0.25, -0.2) is 0 Å². The number of rotatable bonds is 2. The quantitative estimate of drug-likeness (QED) is 0.174. The van der Waals surface area contributed by atoms with Crippen molar-refractivity contribution < 1.29 is 0 Å². The molecule has 0 nitrogen and oxygen atoms in total. The third-order valence-corrected chi connectivity index (χ3v) is 10.8. The Balaban J connectivity index is 1.31. The average molecular weight is 597 g/mol. The Kier molecular flexibility index (Phi) is 5.44. The molecule has 0 heterocycles. The summed E-state index contributed by atoms with van der Waals surface area (Å²) in [4.78, 5) is 0. The number of hydrogen-bond acceptors (Lipinski definition) is 0. The molecule has 9 aromatic rings. The van der Waals surface area contributed by atoms with Crippen LogP contribution in [-0.4, -0.2) is 0 Å². The average Bonchev–Trinajstić information content (AvgIpc) is 3.38. The molecule has 220 valence electrons. The second kappa shape index (κ2) is 9.64. The van der Waals surface area contributed by atoms with E-state index < -0.39 is 0 Å². The molecule has 9 aromatic carbocycles. The summed E-state index contributed by atoms with van der Waals surface area (Å²) in [6.45, 7) is 4.85. The fourth-order valence-corrected chi connectivity index (χ4v) is 8.44. The maximum absolute atomic E-state index is 2.46. The van der Waals surface area contributed by atoms with E-state index in [1.807, 2.05) is 0 Å². The van der Waals surface area contributed by atoms with E-state index in [1.165, 1.54) is 98.4 Å². The Bertz CT molecular complexity index is 2760. The highest BCUT2D eigenvalue weighted by atomic mass is 14.4. The Morgan fingerprint density at radius 2 is 0.787 bits per heavy atom. The van der Waals surface area contributed by atoms with Gasteiger partial charge in [-0.15, -0.1) is 0 Å². The third kappa shape index (κ3) is 3.82. The highest BCUT2D eigenvalue weighted by molar-refractivity contribution is 6.22. The molecule has 0 heteroatoms. The monoisotopic (exact) mass is 596 g/mol. The Hall–Kier alpha value is -5.72. The smallest absolute Gasteiger partial charge is 0.0165 e. The minimum Gasteiger partial charge on any atom is -0.0616 e. The molecule has 0 N–H and O–H groups in total. The van der Waals surface area contributed by atoms with Crippen molar-refractivity contribution in [1.82, 2.24) is 0 Å². The van der Waals surface area contributed by atoms with Gasteiger partial charge in [0.05, 0.1) is 0 Å². The molecule has 0 saturated heterocycles. The van der Waals surface area contributed by atoms with Gasteiger partial charge in [0.2, 0.25) is 0 Å². The molecule has 0 aromatic heterocycles. The van der Waals surface area contributed by atoms with Gasteiger partial charge in [-0.1, -0.05) is 147 Å². The number of benzene rings is 9. The van der Waals surface area contributed by atoms with Crippen LogP contribution in [-0.2, 0) is 5.41 Å². The highest BCUT2D eigenvalue weighted by Gasteiger charge is 2.39. The normalized spacial score (nSPS) is 13.5. The zero-order chi connectivity index (χ0) is 31.3. The van der Waals surface area contributed by atoms with E-state index >= 15 is 0 Å². The van der Waals surface area contributed by atoms with Crippen molar-refractivity contribution >= 4 is 53.9 Å². The lowest BCUT2D eigenvalue weighted by molar-refractivity contribution is 0.667. The first kappa shape index (κ1) is 26.5. The fraction of sp³-hybridized carbons (Fsp3) is 0.0638. The van der Waals surface area contributed by atoms with Crippen molar-refractivity contribution in [2.75, 3.05) is 0 Å². The van der Waals surface area contributed by atoms with Gasteiger partial charge < -0.3 is 0 Å². The summed E-state index contributed by atoms with van der Waals surface area (Å²) in [6, 6.07) is 58.9. The molecule has 0 spiro atoms. The summed E-state index contributed by atoms with van der Waals surface area (Å²) in [5.41, 5.74) is 10.5. The molecule has 1 aliphatic rings. The first-order valence-corrected chi connectivity index (χ1v) is 16.6. The van der Waals surface area contributed by atoms with Gasteiger partial charge >= 0.3 is 0 Å². The van der Waals surface area contributed by atoms with Crippen molar-refractivity contribution in [3.05, 3.63) is 169 Å². The van der Waals surface area contributed by atoms with E-state index in [9.17, 15) is 0 Å². The molecule has 0 bridgehead atoms. The van der Waals surface area contributed by atoms with Crippen molar-refractivity contribution in [3.63, 3.8) is 0 Å². The molecule has 0 saturated carbocycles. The molecular weight excluding hydrogens is 565 g/mol. The van der Waals surface area contributed by atoms with Gasteiger partial charge in [0.25, 0.3) is 0 Å². The molecule has 0 atom stereocenters. The lowest BCUT2D eigenvalue weighted by atomic mass is 9.78. The second-order valence-corrected chi connectivity index (χ2v) is 13.7. The van der Waals surface area contributed by atoms with Crippen LogP contribution in [0.1, 0.15) is 25.0 Å². The SMILES string of the molecule is CC1(C)c2ccc3ccccc3c2-c2c1c1cc(-c3ccc4ccccc4c3)ccc1c1ccc(-c3ccc4ccccc4c3)cc21. The molecule has 47 heavy (non-hydrogen) atoms.